The minimum absolute atomic E-state index is 0. The lowest BCUT2D eigenvalue weighted by Crippen LogP contribution is -2.33. The van der Waals surface area contributed by atoms with Crippen molar-refractivity contribution >= 4 is 24.0 Å². The highest BCUT2D eigenvalue weighted by Crippen LogP contribution is 2.38. The number of nitro benzene ring substituents is 1. The molecule has 1 amide bonds. The summed E-state index contributed by atoms with van der Waals surface area (Å²) in [5, 5.41) is 11.0. The molecule has 8 heteroatoms. The van der Waals surface area contributed by atoms with Crippen molar-refractivity contribution in [1.29, 1.82) is 0 Å². The molecule has 0 aromatic heterocycles. The predicted molar refractivity (Wildman–Crippen MR) is 80.4 cm³/mol. The fourth-order valence-electron chi connectivity index (χ4n) is 3.48. The summed E-state index contributed by atoms with van der Waals surface area (Å²) in [5.41, 5.74) is 5.47. The maximum Gasteiger partial charge on any atom is 0.282 e. The third-order valence-corrected chi connectivity index (χ3v) is 4.59. The molecule has 0 spiro atoms. The van der Waals surface area contributed by atoms with E-state index in [1.54, 1.807) is 4.90 Å². The van der Waals surface area contributed by atoms with Crippen LogP contribution in [0.1, 0.15) is 23.2 Å². The summed E-state index contributed by atoms with van der Waals surface area (Å²) >= 11 is 0. The van der Waals surface area contributed by atoms with Gasteiger partial charge in [-0.05, 0) is 36.8 Å². The molecule has 3 unspecified atom stereocenters. The Labute approximate surface area is 133 Å². The maximum atomic E-state index is 13.3. The van der Waals surface area contributed by atoms with Crippen molar-refractivity contribution in [2.45, 2.75) is 18.9 Å². The van der Waals surface area contributed by atoms with Crippen LogP contribution in [0.25, 0.3) is 0 Å². The van der Waals surface area contributed by atoms with Gasteiger partial charge in [0.15, 0.2) is 0 Å². The largest absolute Gasteiger partial charge is 0.338 e. The molecule has 3 atom stereocenters. The summed E-state index contributed by atoms with van der Waals surface area (Å²) in [5.74, 6) is -0.527. The highest BCUT2D eigenvalue weighted by Gasteiger charge is 2.43. The highest BCUT2D eigenvalue weighted by atomic mass is 35.5. The number of carbonyl (C=O) groups excluding carboxylic acids is 1. The molecule has 0 radical (unpaired) electrons. The number of hydrogen-bond acceptors (Lipinski definition) is 4. The smallest absolute Gasteiger partial charge is 0.282 e. The van der Waals surface area contributed by atoms with Crippen LogP contribution in [0.4, 0.5) is 10.1 Å². The number of nitrogens with two attached hydrogens (primary N) is 1. The topological polar surface area (TPSA) is 89.5 Å². The molecule has 6 nitrogen and oxygen atoms in total. The van der Waals surface area contributed by atoms with Crippen molar-refractivity contribution in [1.82, 2.24) is 4.90 Å². The van der Waals surface area contributed by atoms with Gasteiger partial charge in [0.05, 0.1) is 4.92 Å². The Morgan fingerprint density at radius 2 is 2.09 bits per heavy atom. The van der Waals surface area contributed by atoms with Crippen LogP contribution in [-0.4, -0.2) is 34.9 Å². The predicted octanol–water partition coefficient (Wildman–Crippen LogP) is 1.97. The van der Waals surface area contributed by atoms with Crippen molar-refractivity contribution in [3.63, 3.8) is 0 Å². The average molecular weight is 330 g/mol. The molecule has 120 valence electrons. The summed E-state index contributed by atoms with van der Waals surface area (Å²) in [6, 6.07) is 3.04. The Morgan fingerprint density at radius 1 is 1.36 bits per heavy atom. The van der Waals surface area contributed by atoms with E-state index in [0.717, 1.165) is 31.0 Å². The first-order chi connectivity index (χ1) is 9.97. The summed E-state index contributed by atoms with van der Waals surface area (Å²) in [7, 11) is 0. The Kier molecular flexibility index (Phi) is 4.67. The van der Waals surface area contributed by atoms with Crippen LogP contribution < -0.4 is 5.73 Å². The van der Waals surface area contributed by atoms with E-state index >= 15 is 0 Å². The molecule has 1 aliphatic carbocycles. The summed E-state index contributed by atoms with van der Waals surface area (Å²) in [6.07, 6.45) is 1.93. The van der Waals surface area contributed by atoms with E-state index in [1.807, 2.05) is 0 Å². The van der Waals surface area contributed by atoms with E-state index < -0.39 is 16.6 Å². The van der Waals surface area contributed by atoms with Gasteiger partial charge >= 0.3 is 0 Å². The Balaban J connectivity index is 0.00000176. The Morgan fingerprint density at radius 3 is 2.73 bits per heavy atom. The lowest BCUT2D eigenvalue weighted by molar-refractivity contribution is -0.385. The number of likely N-dealkylation sites (tertiary alicyclic amines) is 1. The lowest BCUT2D eigenvalue weighted by Gasteiger charge is -2.18. The first kappa shape index (κ1) is 16.6. The van der Waals surface area contributed by atoms with E-state index in [2.05, 4.69) is 0 Å². The minimum atomic E-state index is -0.657. The van der Waals surface area contributed by atoms with Gasteiger partial charge in [0.1, 0.15) is 11.4 Å². The molecule has 1 aromatic rings. The molecule has 1 saturated heterocycles. The second-order valence-electron chi connectivity index (χ2n) is 5.79. The Hall–Kier alpha value is -1.73. The van der Waals surface area contributed by atoms with Crippen LogP contribution in [0.3, 0.4) is 0 Å². The van der Waals surface area contributed by atoms with E-state index in [4.69, 9.17) is 5.73 Å². The van der Waals surface area contributed by atoms with Crippen molar-refractivity contribution in [3.05, 3.63) is 39.7 Å². The van der Waals surface area contributed by atoms with Crippen molar-refractivity contribution < 1.29 is 14.1 Å². The second-order valence-corrected chi connectivity index (χ2v) is 5.79. The first-order valence-corrected chi connectivity index (χ1v) is 6.96. The molecule has 1 aromatic carbocycles. The fourth-order valence-corrected chi connectivity index (χ4v) is 3.48. The fraction of sp³-hybridized carbons (Fsp3) is 0.500. The number of nitrogens with zero attached hydrogens (tertiary/aromatic N) is 2. The number of fused-ring (bicyclic) bond motifs is 1. The van der Waals surface area contributed by atoms with E-state index in [1.165, 1.54) is 0 Å². The van der Waals surface area contributed by atoms with Crippen LogP contribution in [0.2, 0.25) is 0 Å². The molecule has 1 saturated carbocycles. The minimum Gasteiger partial charge on any atom is -0.338 e. The molecule has 1 aliphatic heterocycles. The second kappa shape index (κ2) is 6.18. The van der Waals surface area contributed by atoms with E-state index in [0.29, 0.717) is 19.0 Å². The van der Waals surface area contributed by atoms with Gasteiger partial charge in [0, 0.05) is 25.2 Å². The number of hydrogen-bond donors (Lipinski definition) is 1. The zero-order chi connectivity index (χ0) is 15.1. The SMILES string of the molecule is Cl.NC1CCC2CN(C(=O)c3cc(F)ccc3[N+](=O)[O-])CC12. The number of rotatable bonds is 2. The van der Waals surface area contributed by atoms with Gasteiger partial charge in [0.2, 0.25) is 0 Å². The van der Waals surface area contributed by atoms with Crippen LogP contribution in [0.5, 0.6) is 0 Å². The zero-order valence-corrected chi connectivity index (χ0v) is 12.6. The molecule has 2 fully saturated rings. The van der Waals surface area contributed by atoms with Crippen molar-refractivity contribution in [3.8, 4) is 0 Å². The zero-order valence-electron chi connectivity index (χ0n) is 11.8. The molecule has 3 rings (SSSR count). The van der Waals surface area contributed by atoms with Crippen molar-refractivity contribution in [2.75, 3.05) is 13.1 Å². The molecule has 2 aliphatic rings. The molecule has 1 heterocycles. The van der Waals surface area contributed by atoms with Crippen LogP contribution in [0, 0.1) is 27.8 Å². The first-order valence-electron chi connectivity index (χ1n) is 6.96. The van der Waals surface area contributed by atoms with Crippen LogP contribution >= 0.6 is 12.4 Å². The van der Waals surface area contributed by atoms with Gasteiger partial charge in [-0.15, -0.1) is 12.4 Å². The quantitative estimate of drug-likeness (QED) is 0.663. The van der Waals surface area contributed by atoms with Crippen LogP contribution in [-0.2, 0) is 0 Å². The monoisotopic (exact) mass is 329 g/mol. The third kappa shape index (κ3) is 2.78. The normalized spacial score (nSPS) is 26.5. The summed E-state index contributed by atoms with van der Waals surface area (Å²) < 4.78 is 13.3. The van der Waals surface area contributed by atoms with Gasteiger partial charge in [-0.2, -0.15) is 0 Å². The van der Waals surface area contributed by atoms with Gasteiger partial charge in [-0.25, -0.2) is 4.39 Å². The molecule has 2 N–H and O–H groups in total. The van der Waals surface area contributed by atoms with Gasteiger partial charge in [-0.1, -0.05) is 0 Å². The Bertz CT molecular complexity index is 613. The number of benzene rings is 1. The average Bonchev–Trinajstić information content (AvgIpc) is 3.00. The van der Waals surface area contributed by atoms with Crippen LogP contribution in [0.15, 0.2) is 18.2 Å². The third-order valence-electron chi connectivity index (χ3n) is 4.59. The van der Waals surface area contributed by atoms with Gasteiger partial charge in [-0.3, -0.25) is 14.9 Å². The molecule has 0 bridgehead atoms. The van der Waals surface area contributed by atoms with E-state index in [9.17, 15) is 19.3 Å². The van der Waals surface area contributed by atoms with Gasteiger partial charge in [0.25, 0.3) is 11.6 Å². The van der Waals surface area contributed by atoms with Crippen molar-refractivity contribution in [2.24, 2.45) is 17.6 Å². The summed E-state index contributed by atoms with van der Waals surface area (Å²) in [6.45, 7) is 1.04. The number of halogens is 2. The number of amides is 1. The van der Waals surface area contributed by atoms with Gasteiger partial charge < -0.3 is 10.6 Å². The standard InChI is InChI=1S/C14H16FN3O3.ClH/c15-9-2-4-13(18(20)21)10(5-9)14(19)17-6-8-1-3-12(16)11(8)7-17;/h2,4-5,8,11-12H,1,3,6-7,16H2;1H. The number of carbonyl (C=O) groups is 1. The molecular weight excluding hydrogens is 313 g/mol. The maximum absolute atomic E-state index is 13.3. The molecule has 22 heavy (non-hydrogen) atoms. The summed E-state index contributed by atoms with van der Waals surface area (Å²) in [4.78, 5) is 24.4. The highest BCUT2D eigenvalue weighted by molar-refractivity contribution is 5.98. The lowest BCUT2D eigenvalue weighted by atomic mass is 9.98. The van der Waals surface area contributed by atoms with E-state index in [-0.39, 0.29) is 35.6 Å². The molecular formula is C14H17ClFN3O3. The number of nitro groups is 1.